The summed E-state index contributed by atoms with van der Waals surface area (Å²) in [4.78, 5) is 7.02. The van der Waals surface area contributed by atoms with Gasteiger partial charge in [0.15, 0.2) is 4.96 Å². The zero-order valence-electron chi connectivity index (χ0n) is 11.6. The fourth-order valence-corrected chi connectivity index (χ4v) is 4.09. The van der Waals surface area contributed by atoms with E-state index in [2.05, 4.69) is 72.7 Å². The number of thioether (sulfide) groups is 1. The van der Waals surface area contributed by atoms with Gasteiger partial charge in [0.25, 0.3) is 0 Å². The first-order valence-electron chi connectivity index (χ1n) is 6.71. The van der Waals surface area contributed by atoms with E-state index < -0.39 is 0 Å². The van der Waals surface area contributed by atoms with Gasteiger partial charge in [-0.1, -0.05) is 15.9 Å². The zero-order valence-corrected chi connectivity index (χ0v) is 14.8. The van der Waals surface area contributed by atoms with Gasteiger partial charge in [0.05, 0.1) is 5.69 Å². The van der Waals surface area contributed by atoms with E-state index in [1.807, 2.05) is 18.8 Å². The minimum Gasteiger partial charge on any atom is -0.316 e. The minimum atomic E-state index is 0.420. The summed E-state index contributed by atoms with van der Waals surface area (Å²) in [6.45, 7) is 0. The van der Waals surface area contributed by atoms with Crippen molar-refractivity contribution >= 4 is 44.0 Å². The molecule has 110 valence electrons. The lowest BCUT2D eigenvalue weighted by molar-refractivity contribution is 0.611. The third-order valence-corrected chi connectivity index (χ3v) is 5.75. The number of rotatable bonds is 6. The fourth-order valence-electron chi connectivity index (χ4n) is 2.10. The van der Waals surface area contributed by atoms with Crippen molar-refractivity contribution in [2.24, 2.45) is 0 Å². The third kappa shape index (κ3) is 3.88. The highest BCUT2D eigenvalue weighted by molar-refractivity contribution is 9.10. The molecule has 1 aromatic carbocycles. The number of halogens is 1. The predicted molar refractivity (Wildman–Crippen MR) is 94.5 cm³/mol. The number of benzene rings is 1. The molecule has 0 amide bonds. The van der Waals surface area contributed by atoms with Gasteiger partial charge in [-0.25, -0.2) is 4.98 Å². The van der Waals surface area contributed by atoms with Crippen LogP contribution in [-0.4, -0.2) is 28.2 Å². The van der Waals surface area contributed by atoms with Crippen molar-refractivity contribution in [1.82, 2.24) is 14.7 Å². The molecule has 0 saturated carbocycles. The number of hydrogen-bond donors (Lipinski definition) is 1. The van der Waals surface area contributed by atoms with Crippen molar-refractivity contribution in [3.8, 4) is 0 Å². The third-order valence-electron chi connectivity index (χ3n) is 3.27. The molecule has 0 saturated heterocycles. The Bertz CT molecular complexity index is 677. The number of imidazole rings is 1. The molecule has 1 atom stereocenters. The minimum absolute atomic E-state index is 0.420. The Balaban J connectivity index is 1.59. The monoisotopic (exact) mass is 381 g/mol. The number of hydrogen-bond acceptors (Lipinski definition) is 4. The maximum absolute atomic E-state index is 4.65. The van der Waals surface area contributed by atoms with E-state index in [1.165, 1.54) is 4.90 Å². The first-order chi connectivity index (χ1) is 10.2. The van der Waals surface area contributed by atoms with Crippen molar-refractivity contribution in [1.29, 1.82) is 0 Å². The number of aromatic nitrogens is 2. The summed E-state index contributed by atoms with van der Waals surface area (Å²) in [6, 6.07) is 8.88. The van der Waals surface area contributed by atoms with Crippen LogP contribution in [-0.2, 0) is 6.42 Å². The number of thiazole rings is 1. The Labute approximate surface area is 140 Å². The summed E-state index contributed by atoms with van der Waals surface area (Å²) in [5.41, 5.74) is 1.15. The highest BCUT2D eigenvalue weighted by Gasteiger charge is 2.11. The van der Waals surface area contributed by atoms with Crippen molar-refractivity contribution in [3.05, 3.63) is 52.2 Å². The van der Waals surface area contributed by atoms with Crippen molar-refractivity contribution in [2.45, 2.75) is 17.4 Å². The van der Waals surface area contributed by atoms with Crippen LogP contribution in [0.5, 0.6) is 0 Å². The van der Waals surface area contributed by atoms with Gasteiger partial charge in [0, 0.05) is 45.4 Å². The van der Waals surface area contributed by atoms with E-state index in [-0.39, 0.29) is 0 Å². The topological polar surface area (TPSA) is 29.3 Å². The molecular formula is C15H16BrN3S2. The molecule has 0 spiro atoms. The number of nitrogens with zero attached hydrogens (tertiary/aromatic N) is 2. The van der Waals surface area contributed by atoms with Gasteiger partial charge in [0.1, 0.15) is 0 Å². The average Bonchev–Trinajstić information content (AvgIpc) is 3.06. The van der Waals surface area contributed by atoms with E-state index in [0.717, 1.165) is 27.3 Å². The Morgan fingerprint density at radius 3 is 2.90 bits per heavy atom. The summed E-state index contributed by atoms with van der Waals surface area (Å²) >= 11 is 7.02. The molecule has 0 aliphatic carbocycles. The molecule has 0 aliphatic rings. The van der Waals surface area contributed by atoms with Gasteiger partial charge in [-0.2, -0.15) is 0 Å². The number of nitrogens with one attached hydrogen (secondary N) is 1. The summed E-state index contributed by atoms with van der Waals surface area (Å²) in [5, 5.41) is 5.45. The van der Waals surface area contributed by atoms with Crippen LogP contribution in [0.1, 0.15) is 5.69 Å². The van der Waals surface area contributed by atoms with Crippen LogP contribution >= 0.6 is 39.0 Å². The second-order valence-corrected chi connectivity index (χ2v) is 7.66. The van der Waals surface area contributed by atoms with Gasteiger partial charge >= 0.3 is 0 Å². The van der Waals surface area contributed by atoms with Gasteiger partial charge in [-0.15, -0.1) is 23.1 Å². The molecule has 2 aromatic heterocycles. The van der Waals surface area contributed by atoms with Gasteiger partial charge < -0.3 is 5.32 Å². The summed E-state index contributed by atoms with van der Waals surface area (Å²) in [6.07, 6.45) is 5.14. The molecule has 6 heteroatoms. The molecule has 3 rings (SSSR count). The van der Waals surface area contributed by atoms with Crippen LogP contribution in [0.3, 0.4) is 0 Å². The SMILES string of the molecule is CNC(CSc1ccc(Br)cc1)Cc1cn2ccsc2n1. The zero-order chi connectivity index (χ0) is 14.7. The Kier molecular flexibility index (Phi) is 5.00. The molecular weight excluding hydrogens is 366 g/mol. The standard InChI is InChI=1S/C15H16BrN3S2/c1-17-13(10-21-14-4-2-11(16)3-5-14)8-12-9-19-6-7-20-15(19)18-12/h2-7,9,13,17H,8,10H2,1H3. The van der Waals surface area contributed by atoms with Crippen LogP contribution in [0.15, 0.2) is 51.4 Å². The number of fused-ring (bicyclic) bond motifs is 1. The fraction of sp³-hybridized carbons (Fsp3) is 0.267. The Hall–Kier alpha value is -0.820. The van der Waals surface area contributed by atoms with Gasteiger partial charge in [-0.3, -0.25) is 4.40 Å². The van der Waals surface area contributed by atoms with E-state index in [4.69, 9.17) is 0 Å². The van der Waals surface area contributed by atoms with Crippen LogP contribution in [0, 0.1) is 0 Å². The normalized spacial score (nSPS) is 12.9. The van der Waals surface area contributed by atoms with Gasteiger partial charge in [-0.05, 0) is 31.3 Å². The van der Waals surface area contributed by atoms with Crippen LogP contribution in [0.4, 0.5) is 0 Å². The summed E-state index contributed by atoms with van der Waals surface area (Å²) in [7, 11) is 2.02. The summed E-state index contributed by atoms with van der Waals surface area (Å²) in [5.74, 6) is 1.03. The van der Waals surface area contributed by atoms with Crippen molar-refractivity contribution < 1.29 is 0 Å². The lowest BCUT2D eigenvalue weighted by Crippen LogP contribution is -2.30. The molecule has 1 N–H and O–H groups in total. The molecule has 2 heterocycles. The Morgan fingerprint density at radius 1 is 1.38 bits per heavy atom. The van der Waals surface area contributed by atoms with Crippen LogP contribution in [0.25, 0.3) is 4.96 Å². The quantitative estimate of drug-likeness (QED) is 0.652. The van der Waals surface area contributed by atoms with Gasteiger partial charge in [0.2, 0.25) is 0 Å². The molecule has 0 fully saturated rings. The van der Waals surface area contributed by atoms with Crippen molar-refractivity contribution in [3.63, 3.8) is 0 Å². The lowest BCUT2D eigenvalue weighted by Gasteiger charge is -2.14. The molecule has 0 bridgehead atoms. The second-order valence-electron chi connectivity index (χ2n) is 4.78. The molecule has 3 nitrogen and oxygen atoms in total. The summed E-state index contributed by atoms with van der Waals surface area (Å²) < 4.78 is 3.21. The van der Waals surface area contributed by atoms with E-state index in [1.54, 1.807) is 11.3 Å². The largest absolute Gasteiger partial charge is 0.316 e. The average molecular weight is 382 g/mol. The Morgan fingerprint density at radius 2 is 2.19 bits per heavy atom. The second kappa shape index (κ2) is 6.96. The first kappa shape index (κ1) is 15.1. The predicted octanol–water partition coefficient (Wildman–Crippen LogP) is 4.08. The highest BCUT2D eigenvalue weighted by Crippen LogP contribution is 2.22. The molecule has 3 aromatic rings. The maximum Gasteiger partial charge on any atom is 0.193 e. The molecule has 21 heavy (non-hydrogen) atoms. The molecule has 1 unspecified atom stereocenters. The number of likely N-dealkylation sites (N-methyl/N-ethyl adjacent to an activating group) is 1. The lowest BCUT2D eigenvalue weighted by atomic mass is 10.2. The van der Waals surface area contributed by atoms with Crippen molar-refractivity contribution in [2.75, 3.05) is 12.8 Å². The first-order valence-corrected chi connectivity index (χ1v) is 9.37. The van der Waals surface area contributed by atoms with E-state index in [0.29, 0.717) is 6.04 Å². The van der Waals surface area contributed by atoms with Crippen LogP contribution < -0.4 is 5.32 Å². The highest BCUT2D eigenvalue weighted by atomic mass is 79.9. The van der Waals surface area contributed by atoms with E-state index in [9.17, 15) is 0 Å². The molecule has 0 radical (unpaired) electrons. The van der Waals surface area contributed by atoms with E-state index >= 15 is 0 Å². The molecule has 0 aliphatic heterocycles. The maximum atomic E-state index is 4.65. The van der Waals surface area contributed by atoms with Crippen LogP contribution in [0.2, 0.25) is 0 Å². The smallest absolute Gasteiger partial charge is 0.193 e.